The maximum absolute atomic E-state index is 10.7. The van der Waals surface area contributed by atoms with E-state index < -0.39 is 18.0 Å². The van der Waals surface area contributed by atoms with E-state index >= 15 is 0 Å². The molecule has 2 N–H and O–H groups in total. The highest BCUT2D eigenvalue weighted by Crippen LogP contribution is 2.18. The van der Waals surface area contributed by atoms with Crippen molar-refractivity contribution in [1.29, 1.82) is 0 Å². The topological polar surface area (TPSA) is 57.5 Å². The maximum Gasteiger partial charge on any atom is 0.309 e. The Morgan fingerprint density at radius 3 is 2.14 bits per heavy atom. The highest BCUT2D eigenvalue weighted by atomic mass is 16.4. The molecule has 0 fully saturated rings. The summed E-state index contributed by atoms with van der Waals surface area (Å²) < 4.78 is 0. The minimum Gasteiger partial charge on any atom is -0.481 e. The van der Waals surface area contributed by atoms with Gasteiger partial charge in [0.1, 0.15) is 0 Å². The smallest absolute Gasteiger partial charge is 0.309 e. The van der Waals surface area contributed by atoms with Crippen LogP contribution in [0, 0.1) is 11.8 Å². The summed E-state index contributed by atoms with van der Waals surface area (Å²) in [4.78, 5) is 10.7. The monoisotopic (exact) mass is 202 g/mol. The Hall–Kier alpha value is -0.570. The Labute approximate surface area is 86.1 Å². The third kappa shape index (κ3) is 4.61. The molecule has 3 nitrogen and oxygen atoms in total. The summed E-state index contributed by atoms with van der Waals surface area (Å²) in [7, 11) is 0. The molecule has 0 bridgehead atoms. The first kappa shape index (κ1) is 13.4. The summed E-state index contributed by atoms with van der Waals surface area (Å²) >= 11 is 0. The second-order valence-electron chi connectivity index (χ2n) is 4.01. The molecule has 0 aliphatic carbocycles. The molecular formula is C11H22O3. The second kappa shape index (κ2) is 6.82. The van der Waals surface area contributed by atoms with E-state index in [4.69, 9.17) is 5.11 Å². The number of aliphatic hydroxyl groups is 1. The fraction of sp³-hybridized carbons (Fsp3) is 0.909. The first-order valence-electron chi connectivity index (χ1n) is 5.43. The zero-order valence-corrected chi connectivity index (χ0v) is 9.36. The van der Waals surface area contributed by atoms with Crippen molar-refractivity contribution in [3.63, 3.8) is 0 Å². The fourth-order valence-corrected chi connectivity index (χ4v) is 1.47. The van der Waals surface area contributed by atoms with Crippen LogP contribution < -0.4 is 0 Å². The van der Waals surface area contributed by atoms with Crippen LogP contribution in [0.3, 0.4) is 0 Å². The molecule has 84 valence electrons. The van der Waals surface area contributed by atoms with Crippen LogP contribution in [0.25, 0.3) is 0 Å². The summed E-state index contributed by atoms with van der Waals surface area (Å²) in [6.07, 6.45) is 2.39. The first-order chi connectivity index (χ1) is 6.52. The van der Waals surface area contributed by atoms with Gasteiger partial charge in [0, 0.05) is 0 Å². The molecule has 0 aromatic carbocycles. The van der Waals surface area contributed by atoms with Crippen molar-refractivity contribution in [2.24, 2.45) is 11.8 Å². The lowest BCUT2D eigenvalue weighted by atomic mass is 9.92. The largest absolute Gasteiger partial charge is 0.481 e. The number of carboxylic acid groups (broad SMARTS) is 1. The van der Waals surface area contributed by atoms with Crippen LogP contribution in [0.15, 0.2) is 0 Å². The van der Waals surface area contributed by atoms with Gasteiger partial charge in [0.25, 0.3) is 0 Å². The van der Waals surface area contributed by atoms with E-state index in [0.29, 0.717) is 18.8 Å². The van der Waals surface area contributed by atoms with Gasteiger partial charge in [0.2, 0.25) is 0 Å². The molecular weight excluding hydrogens is 180 g/mol. The first-order valence-corrected chi connectivity index (χ1v) is 5.43. The van der Waals surface area contributed by atoms with Gasteiger partial charge in [0.05, 0.1) is 12.0 Å². The molecule has 0 saturated heterocycles. The van der Waals surface area contributed by atoms with Gasteiger partial charge in [-0.05, 0) is 25.2 Å². The summed E-state index contributed by atoms with van der Waals surface area (Å²) in [6.45, 7) is 6.02. The molecule has 3 heteroatoms. The highest BCUT2D eigenvalue weighted by Gasteiger charge is 2.24. The molecule has 0 aliphatic rings. The molecule has 0 amide bonds. The van der Waals surface area contributed by atoms with Gasteiger partial charge in [-0.2, -0.15) is 0 Å². The lowest BCUT2D eigenvalue weighted by Crippen LogP contribution is -2.27. The van der Waals surface area contributed by atoms with E-state index in [-0.39, 0.29) is 0 Å². The minimum atomic E-state index is -0.885. The van der Waals surface area contributed by atoms with Crippen LogP contribution in [0.2, 0.25) is 0 Å². The number of rotatable bonds is 7. The van der Waals surface area contributed by atoms with Crippen molar-refractivity contribution in [2.45, 2.75) is 52.6 Å². The van der Waals surface area contributed by atoms with Crippen molar-refractivity contribution in [3.8, 4) is 0 Å². The van der Waals surface area contributed by atoms with Gasteiger partial charge in [0.15, 0.2) is 0 Å². The Morgan fingerprint density at radius 2 is 1.79 bits per heavy atom. The molecule has 0 aromatic heterocycles. The molecule has 2 unspecified atom stereocenters. The van der Waals surface area contributed by atoms with E-state index in [9.17, 15) is 9.90 Å². The van der Waals surface area contributed by atoms with Gasteiger partial charge in [-0.25, -0.2) is 0 Å². The van der Waals surface area contributed by atoms with E-state index in [2.05, 4.69) is 13.8 Å². The quantitative estimate of drug-likeness (QED) is 0.666. The summed E-state index contributed by atoms with van der Waals surface area (Å²) in [6, 6.07) is 0. The van der Waals surface area contributed by atoms with E-state index in [1.54, 1.807) is 6.92 Å². The SMILES string of the molecule is CCC(C(=O)O)C(O)CC[C@@H](C)CC. The van der Waals surface area contributed by atoms with E-state index in [0.717, 1.165) is 12.8 Å². The maximum atomic E-state index is 10.7. The van der Waals surface area contributed by atoms with Gasteiger partial charge < -0.3 is 10.2 Å². The Kier molecular flexibility index (Phi) is 6.54. The predicted octanol–water partition coefficient (Wildman–Crippen LogP) is 2.28. The zero-order valence-electron chi connectivity index (χ0n) is 9.36. The van der Waals surface area contributed by atoms with Crippen molar-refractivity contribution < 1.29 is 15.0 Å². The van der Waals surface area contributed by atoms with Gasteiger partial charge >= 0.3 is 5.97 Å². The number of aliphatic carboxylic acids is 1. The molecule has 0 radical (unpaired) electrons. The van der Waals surface area contributed by atoms with E-state index in [1.165, 1.54) is 0 Å². The zero-order chi connectivity index (χ0) is 11.1. The summed E-state index contributed by atoms with van der Waals surface area (Å²) in [5.74, 6) is -0.917. The normalized spacial score (nSPS) is 17.4. The average Bonchev–Trinajstić information content (AvgIpc) is 2.14. The van der Waals surface area contributed by atoms with Gasteiger partial charge in [-0.3, -0.25) is 4.79 Å². The van der Waals surface area contributed by atoms with Crippen molar-refractivity contribution in [1.82, 2.24) is 0 Å². The Morgan fingerprint density at radius 1 is 1.21 bits per heavy atom. The molecule has 14 heavy (non-hydrogen) atoms. The van der Waals surface area contributed by atoms with Crippen LogP contribution >= 0.6 is 0 Å². The third-order valence-corrected chi connectivity index (χ3v) is 2.87. The molecule has 0 aliphatic heterocycles. The molecule has 0 spiro atoms. The van der Waals surface area contributed by atoms with Gasteiger partial charge in [-0.15, -0.1) is 0 Å². The standard InChI is InChI=1S/C11H22O3/c1-4-8(3)6-7-10(12)9(5-2)11(13)14/h8-10,12H,4-7H2,1-3H3,(H,13,14)/t8-,9?,10?/m0/s1. The third-order valence-electron chi connectivity index (χ3n) is 2.87. The van der Waals surface area contributed by atoms with Crippen LogP contribution in [0.5, 0.6) is 0 Å². The summed E-state index contributed by atoms with van der Waals surface area (Å²) in [5.41, 5.74) is 0. The minimum absolute atomic E-state index is 0.497. The van der Waals surface area contributed by atoms with Crippen molar-refractivity contribution in [2.75, 3.05) is 0 Å². The summed E-state index contributed by atoms with van der Waals surface area (Å²) in [5, 5.41) is 18.4. The molecule has 0 saturated carbocycles. The van der Waals surface area contributed by atoms with Crippen LogP contribution in [0.1, 0.15) is 46.5 Å². The molecule has 0 aromatic rings. The second-order valence-corrected chi connectivity index (χ2v) is 4.01. The van der Waals surface area contributed by atoms with Crippen LogP contribution in [0.4, 0.5) is 0 Å². The van der Waals surface area contributed by atoms with Crippen LogP contribution in [-0.4, -0.2) is 22.3 Å². The Balaban J connectivity index is 3.92. The lowest BCUT2D eigenvalue weighted by molar-refractivity contribution is -0.146. The fourth-order valence-electron chi connectivity index (χ4n) is 1.47. The lowest BCUT2D eigenvalue weighted by Gasteiger charge is -2.18. The number of carbonyl (C=O) groups is 1. The molecule has 0 rings (SSSR count). The average molecular weight is 202 g/mol. The predicted molar refractivity (Wildman–Crippen MR) is 56.1 cm³/mol. The van der Waals surface area contributed by atoms with Crippen LogP contribution in [-0.2, 0) is 4.79 Å². The highest BCUT2D eigenvalue weighted by molar-refractivity contribution is 5.70. The van der Waals surface area contributed by atoms with Gasteiger partial charge in [-0.1, -0.05) is 27.2 Å². The number of aliphatic hydroxyl groups excluding tert-OH is 1. The van der Waals surface area contributed by atoms with Crippen molar-refractivity contribution >= 4 is 5.97 Å². The van der Waals surface area contributed by atoms with Crippen molar-refractivity contribution in [3.05, 3.63) is 0 Å². The number of carboxylic acids is 1. The van der Waals surface area contributed by atoms with E-state index in [1.807, 2.05) is 0 Å². The number of hydrogen-bond donors (Lipinski definition) is 2. The number of hydrogen-bond acceptors (Lipinski definition) is 2. The Bertz CT molecular complexity index is 168. The molecule has 3 atom stereocenters. The molecule has 0 heterocycles.